The summed E-state index contributed by atoms with van der Waals surface area (Å²) < 4.78 is 24.2. The smallest absolute Gasteiger partial charge is 0.311 e. The van der Waals surface area contributed by atoms with Crippen LogP contribution in [0.2, 0.25) is 0 Å². The van der Waals surface area contributed by atoms with Crippen LogP contribution in [-0.4, -0.2) is 24.0 Å². The fourth-order valence-electron chi connectivity index (χ4n) is 1.25. The van der Waals surface area contributed by atoms with Gasteiger partial charge in [-0.1, -0.05) is 13.8 Å². The highest BCUT2D eigenvalue weighted by molar-refractivity contribution is 5.75. The van der Waals surface area contributed by atoms with Crippen molar-refractivity contribution < 1.29 is 18.7 Å². The van der Waals surface area contributed by atoms with Crippen LogP contribution >= 0.6 is 0 Å². The molecule has 0 aromatic carbocycles. The Morgan fingerprint density at radius 2 is 2.00 bits per heavy atom. The van der Waals surface area contributed by atoms with E-state index in [4.69, 9.17) is 10.8 Å². The molecule has 0 aliphatic heterocycles. The lowest BCUT2D eigenvalue weighted by atomic mass is 9.74. The molecule has 1 atom stereocenters. The Bertz CT molecular complexity index is 185. The summed E-state index contributed by atoms with van der Waals surface area (Å²) in [5, 5.41) is 8.83. The molecule has 5 heteroatoms. The van der Waals surface area contributed by atoms with Crippen molar-refractivity contribution >= 4 is 5.97 Å². The second-order valence-electron chi connectivity index (χ2n) is 3.42. The lowest BCUT2D eigenvalue weighted by Crippen LogP contribution is -2.44. The summed E-state index contributed by atoms with van der Waals surface area (Å²) in [7, 11) is 0. The number of carbonyl (C=O) groups is 1. The summed E-state index contributed by atoms with van der Waals surface area (Å²) in [6.45, 7) is 2.91. The number of aliphatic carboxylic acids is 1. The van der Waals surface area contributed by atoms with Crippen LogP contribution in [-0.2, 0) is 4.79 Å². The highest BCUT2D eigenvalue weighted by atomic mass is 19.3. The van der Waals surface area contributed by atoms with Crippen molar-refractivity contribution in [2.45, 2.75) is 26.7 Å². The largest absolute Gasteiger partial charge is 0.481 e. The minimum absolute atomic E-state index is 0.260. The van der Waals surface area contributed by atoms with Crippen LogP contribution in [0.4, 0.5) is 8.78 Å². The van der Waals surface area contributed by atoms with E-state index in [-0.39, 0.29) is 6.54 Å². The monoisotopic (exact) mass is 195 g/mol. The van der Waals surface area contributed by atoms with Gasteiger partial charge >= 0.3 is 5.97 Å². The Balaban J connectivity index is 4.76. The minimum Gasteiger partial charge on any atom is -0.481 e. The number of hydrogen-bond donors (Lipinski definition) is 2. The minimum atomic E-state index is -2.64. The third-order valence-corrected chi connectivity index (χ3v) is 2.41. The summed E-state index contributed by atoms with van der Waals surface area (Å²) >= 11 is 0. The zero-order chi connectivity index (χ0) is 10.6. The molecule has 0 aromatic rings. The van der Waals surface area contributed by atoms with Gasteiger partial charge in [0.1, 0.15) is 0 Å². The van der Waals surface area contributed by atoms with Crippen LogP contribution in [0.5, 0.6) is 0 Å². The topological polar surface area (TPSA) is 63.3 Å². The van der Waals surface area contributed by atoms with Gasteiger partial charge in [-0.15, -0.1) is 0 Å². The van der Waals surface area contributed by atoms with Crippen molar-refractivity contribution in [1.29, 1.82) is 0 Å². The zero-order valence-corrected chi connectivity index (χ0v) is 7.76. The molecule has 0 spiro atoms. The molecule has 0 saturated carbocycles. The van der Waals surface area contributed by atoms with Gasteiger partial charge in [-0.3, -0.25) is 4.79 Å². The van der Waals surface area contributed by atoms with Crippen molar-refractivity contribution in [3.63, 3.8) is 0 Å². The van der Waals surface area contributed by atoms with Gasteiger partial charge in [-0.05, 0) is 5.92 Å². The fraction of sp³-hybridized carbons (Fsp3) is 0.875. The first-order chi connectivity index (χ1) is 5.86. The predicted octanol–water partition coefficient (Wildman–Crippen LogP) is 1.33. The van der Waals surface area contributed by atoms with Crippen LogP contribution in [0.15, 0.2) is 0 Å². The van der Waals surface area contributed by atoms with E-state index >= 15 is 0 Å². The number of carboxylic acids is 1. The molecule has 0 amide bonds. The Morgan fingerprint density at radius 1 is 1.54 bits per heavy atom. The fourth-order valence-corrected chi connectivity index (χ4v) is 1.25. The molecule has 0 aromatic heterocycles. The highest BCUT2D eigenvalue weighted by Crippen LogP contribution is 2.33. The van der Waals surface area contributed by atoms with E-state index in [0.717, 1.165) is 0 Å². The molecule has 0 saturated heterocycles. The van der Waals surface area contributed by atoms with Crippen molar-refractivity contribution in [2.24, 2.45) is 17.1 Å². The summed E-state index contributed by atoms with van der Waals surface area (Å²) in [6, 6.07) is 0. The summed E-state index contributed by atoms with van der Waals surface area (Å²) in [5.41, 5.74) is 3.75. The summed E-state index contributed by atoms with van der Waals surface area (Å²) in [6.07, 6.45) is -3.32. The highest BCUT2D eigenvalue weighted by Gasteiger charge is 2.42. The standard InChI is InChI=1S/C8H15F2NO2/c1-5(2)8(4-11,7(12)13)3-6(9)10/h5-6H,3-4,11H2,1-2H3,(H,12,13). The number of alkyl halides is 2. The molecule has 1 unspecified atom stereocenters. The third-order valence-electron chi connectivity index (χ3n) is 2.41. The van der Waals surface area contributed by atoms with Crippen LogP contribution in [0, 0.1) is 11.3 Å². The molecule has 0 radical (unpaired) electrons. The van der Waals surface area contributed by atoms with Gasteiger partial charge in [-0.25, -0.2) is 8.78 Å². The molecule has 0 aliphatic carbocycles. The van der Waals surface area contributed by atoms with E-state index in [9.17, 15) is 13.6 Å². The molecule has 3 nitrogen and oxygen atoms in total. The molecule has 13 heavy (non-hydrogen) atoms. The molecule has 0 rings (SSSR count). The van der Waals surface area contributed by atoms with E-state index in [1.54, 1.807) is 13.8 Å². The number of rotatable bonds is 5. The number of hydrogen-bond acceptors (Lipinski definition) is 2. The van der Waals surface area contributed by atoms with E-state index < -0.39 is 30.1 Å². The third kappa shape index (κ3) is 2.62. The Labute approximate surface area is 75.9 Å². The second-order valence-corrected chi connectivity index (χ2v) is 3.42. The average Bonchev–Trinajstić information content (AvgIpc) is 1.98. The normalized spacial score (nSPS) is 16.2. The molecule has 0 heterocycles. The first-order valence-corrected chi connectivity index (χ1v) is 4.08. The van der Waals surface area contributed by atoms with Gasteiger partial charge < -0.3 is 10.8 Å². The number of nitrogens with two attached hydrogens (primary N) is 1. The second kappa shape index (κ2) is 4.50. The van der Waals surface area contributed by atoms with Crippen molar-refractivity contribution in [2.75, 3.05) is 6.54 Å². The van der Waals surface area contributed by atoms with Crippen molar-refractivity contribution in [1.82, 2.24) is 0 Å². The molecule has 0 bridgehead atoms. The predicted molar refractivity (Wildman–Crippen MR) is 44.6 cm³/mol. The van der Waals surface area contributed by atoms with E-state index in [1.807, 2.05) is 0 Å². The van der Waals surface area contributed by atoms with E-state index in [0.29, 0.717) is 0 Å². The van der Waals surface area contributed by atoms with E-state index in [2.05, 4.69) is 0 Å². The van der Waals surface area contributed by atoms with Gasteiger partial charge in [0.05, 0.1) is 5.41 Å². The molecular weight excluding hydrogens is 180 g/mol. The lowest BCUT2D eigenvalue weighted by molar-refractivity contribution is -0.154. The zero-order valence-electron chi connectivity index (χ0n) is 7.76. The van der Waals surface area contributed by atoms with Crippen LogP contribution in [0.25, 0.3) is 0 Å². The van der Waals surface area contributed by atoms with Gasteiger partial charge in [0.2, 0.25) is 6.43 Å². The molecule has 78 valence electrons. The molecule has 0 aliphatic rings. The Hall–Kier alpha value is -0.710. The molecule has 3 N–H and O–H groups in total. The Kier molecular flexibility index (Phi) is 4.26. The quantitative estimate of drug-likeness (QED) is 0.695. The van der Waals surface area contributed by atoms with Crippen molar-refractivity contribution in [3.8, 4) is 0 Å². The maximum Gasteiger partial charge on any atom is 0.311 e. The lowest BCUT2D eigenvalue weighted by Gasteiger charge is -2.31. The van der Waals surface area contributed by atoms with E-state index in [1.165, 1.54) is 0 Å². The van der Waals surface area contributed by atoms with Gasteiger partial charge in [0, 0.05) is 13.0 Å². The Morgan fingerprint density at radius 3 is 2.08 bits per heavy atom. The first kappa shape index (κ1) is 12.3. The SMILES string of the molecule is CC(C)C(CN)(CC(F)F)C(=O)O. The first-order valence-electron chi connectivity index (χ1n) is 4.08. The van der Waals surface area contributed by atoms with Gasteiger partial charge in [-0.2, -0.15) is 0 Å². The number of halogens is 2. The van der Waals surface area contributed by atoms with Crippen LogP contribution in [0.1, 0.15) is 20.3 Å². The van der Waals surface area contributed by atoms with Gasteiger partial charge in [0.15, 0.2) is 0 Å². The summed E-state index contributed by atoms with van der Waals surface area (Å²) in [4.78, 5) is 10.8. The van der Waals surface area contributed by atoms with Crippen LogP contribution < -0.4 is 5.73 Å². The van der Waals surface area contributed by atoms with Crippen LogP contribution in [0.3, 0.4) is 0 Å². The summed E-state index contributed by atoms with van der Waals surface area (Å²) in [5.74, 6) is -1.64. The maximum atomic E-state index is 12.1. The number of carboxylic acid groups (broad SMARTS) is 1. The van der Waals surface area contributed by atoms with Crippen molar-refractivity contribution in [3.05, 3.63) is 0 Å². The van der Waals surface area contributed by atoms with Gasteiger partial charge in [0.25, 0.3) is 0 Å². The molecule has 0 fully saturated rings. The average molecular weight is 195 g/mol. The molecular formula is C8H15F2NO2. The maximum absolute atomic E-state index is 12.1.